The minimum atomic E-state index is -0.596. The molecule has 0 fully saturated rings. The smallest absolute Gasteiger partial charge is 0.284 e. The molecule has 4 aromatic carbocycles. The van der Waals surface area contributed by atoms with Crippen molar-refractivity contribution >= 4 is 131 Å². The molecule has 24 heteroatoms. The fourth-order valence-electron chi connectivity index (χ4n) is 6.38. The summed E-state index contributed by atoms with van der Waals surface area (Å²) in [6.45, 7) is 0. The second-order valence-electron chi connectivity index (χ2n) is 12.0. The van der Waals surface area contributed by atoms with Crippen LogP contribution >= 0.6 is 63.7 Å². The number of halogens is 4. The molecule has 0 spiro atoms. The zero-order valence-electron chi connectivity index (χ0n) is 26.9. The van der Waals surface area contributed by atoms with Crippen LogP contribution in [0.3, 0.4) is 0 Å². The van der Waals surface area contributed by atoms with E-state index in [0.29, 0.717) is 21.9 Å². The molecule has 9 rings (SSSR count). The lowest BCUT2D eigenvalue weighted by Crippen LogP contribution is -1.92. The Morgan fingerprint density at radius 1 is 0.375 bits per heavy atom. The van der Waals surface area contributed by atoms with Crippen molar-refractivity contribution in [2.45, 2.75) is 0 Å². The summed E-state index contributed by atoms with van der Waals surface area (Å²) in [7, 11) is 0. The van der Waals surface area contributed by atoms with Gasteiger partial charge in [0.2, 0.25) is 0 Å². The summed E-state index contributed by atoms with van der Waals surface area (Å²) in [5.74, 6) is -0.0970. The fraction of sp³-hybridized carbons (Fsp3) is 0. The van der Waals surface area contributed by atoms with Gasteiger partial charge < -0.3 is 9.97 Å². The summed E-state index contributed by atoms with van der Waals surface area (Å²) in [4.78, 5) is 80.2. The van der Waals surface area contributed by atoms with Crippen LogP contribution in [0.1, 0.15) is 0 Å². The highest BCUT2D eigenvalue weighted by atomic mass is 79.9. The zero-order valence-corrected chi connectivity index (χ0v) is 33.2. The van der Waals surface area contributed by atoms with E-state index in [0.717, 1.165) is 0 Å². The predicted octanol–water partition coefficient (Wildman–Crippen LogP) is 9.55. The van der Waals surface area contributed by atoms with E-state index >= 15 is 0 Å². The van der Waals surface area contributed by atoms with Gasteiger partial charge in [-0.05, 0) is 88.0 Å². The Morgan fingerprint density at radius 3 is 1.00 bits per heavy atom. The third-order valence-corrected chi connectivity index (χ3v) is 11.4. The van der Waals surface area contributed by atoms with Crippen molar-refractivity contribution in [3.05, 3.63) is 107 Å². The molecule has 7 aromatic rings. The molecule has 0 saturated carbocycles. The van der Waals surface area contributed by atoms with E-state index in [4.69, 9.17) is 19.9 Å². The average molecular weight is 1010 g/mol. The van der Waals surface area contributed by atoms with Gasteiger partial charge in [0.1, 0.15) is 22.6 Å². The Kier molecular flexibility index (Phi) is 8.01. The number of hydrogen-bond acceptors (Lipinski definition) is 14. The van der Waals surface area contributed by atoms with Crippen molar-refractivity contribution in [2.75, 3.05) is 0 Å². The second kappa shape index (κ2) is 12.7. The second-order valence-corrected chi connectivity index (χ2v) is 15.5. The number of hydrogen-bond donors (Lipinski definition) is 2. The third kappa shape index (κ3) is 5.50. The van der Waals surface area contributed by atoms with E-state index in [-0.39, 0.29) is 108 Å². The number of benzene rings is 4. The first-order valence-corrected chi connectivity index (χ1v) is 18.6. The number of aromatic amines is 2. The van der Waals surface area contributed by atoms with Gasteiger partial charge >= 0.3 is 0 Å². The lowest BCUT2D eigenvalue weighted by Gasteiger charge is -2.02. The highest BCUT2D eigenvalue weighted by molar-refractivity contribution is 9.11. The Bertz CT molecular complexity index is 3240. The lowest BCUT2D eigenvalue weighted by molar-refractivity contribution is -0.385. The van der Waals surface area contributed by atoms with Gasteiger partial charge in [-0.2, -0.15) is 0 Å². The van der Waals surface area contributed by atoms with E-state index in [1.54, 1.807) is 0 Å². The highest BCUT2D eigenvalue weighted by Gasteiger charge is 2.30. The summed E-state index contributed by atoms with van der Waals surface area (Å²) in [5, 5.41) is 49.3. The maximum Gasteiger partial charge on any atom is 0.284 e. The number of H-pyrrole nitrogens is 2. The lowest BCUT2D eigenvalue weighted by atomic mass is 10.1. The number of rotatable bonds is 4. The largest absolute Gasteiger partial charge is 0.324 e. The van der Waals surface area contributed by atoms with Gasteiger partial charge in [0.05, 0.1) is 37.6 Å². The van der Waals surface area contributed by atoms with Gasteiger partial charge in [0.15, 0.2) is 23.3 Å². The highest BCUT2D eigenvalue weighted by Crippen LogP contribution is 2.44. The van der Waals surface area contributed by atoms with Crippen LogP contribution in [0.4, 0.5) is 22.7 Å². The maximum absolute atomic E-state index is 12.0. The van der Waals surface area contributed by atoms with Crippen molar-refractivity contribution in [3.63, 3.8) is 0 Å². The normalized spacial score (nSPS) is 11.8. The molecule has 0 atom stereocenters. The maximum atomic E-state index is 12.0. The minimum absolute atomic E-state index is 0.00684. The molecular weight excluding hydrogens is 1000 g/mol. The van der Waals surface area contributed by atoms with Gasteiger partial charge in [-0.15, -0.1) is 0 Å². The predicted molar refractivity (Wildman–Crippen MR) is 213 cm³/mol. The molecule has 0 unspecified atom stereocenters. The molecule has 2 aliphatic rings. The van der Waals surface area contributed by atoms with Crippen LogP contribution in [0.25, 0.3) is 89.7 Å². The van der Waals surface area contributed by atoms with E-state index in [9.17, 15) is 40.5 Å². The van der Waals surface area contributed by atoms with E-state index in [1.165, 1.54) is 48.5 Å². The monoisotopic (exact) mass is 1010 g/mol. The Labute approximate surface area is 340 Å². The first kappa shape index (κ1) is 35.5. The zero-order chi connectivity index (χ0) is 39.5. The molecule has 0 amide bonds. The number of nitrogens with zero attached hydrogens (tertiary/aromatic N) is 10. The topological polar surface area (TPSA) is 281 Å². The summed E-state index contributed by atoms with van der Waals surface area (Å²) in [6, 6.07) is 10.9. The Hall–Kier alpha value is -6.24. The molecular formula is C32H10Br4N12O8. The number of nitrogens with one attached hydrogen (secondary N) is 2. The Balaban J connectivity index is 1.51. The van der Waals surface area contributed by atoms with Crippen LogP contribution in [0.15, 0.2) is 66.4 Å². The van der Waals surface area contributed by atoms with Crippen LogP contribution in [0.5, 0.6) is 0 Å². The minimum Gasteiger partial charge on any atom is -0.324 e. The number of nitro benzene ring substituents is 4. The van der Waals surface area contributed by atoms with Gasteiger partial charge in [-0.1, -0.05) is 0 Å². The molecule has 2 N–H and O–H groups in total. The first-order chi connectivity index (χ1) is 26.7. The van der Waals surface area contributed by atoms with Gasteiger partial charge in [-0.3, -0.25) is 40.5 Å². The SMILES string of the molecule is O=[N+]([O-])c1cc2c(cc1Br)-c1nc-2nc2nc(nc3[nH]c(nc4[nH]c(n1)c1cc([N+](=O)[O-])c(Br)cc41)c1cc([N+](=O)[O-])c(Br)cc31)-c1cc([N+](=O)[O-])c(Br)cc1-2. The molecule has 2 aliphatic heterocycles. The van der Waals surface area contributed by atoms with Crippen LogP contribution < -0.4 is 0 Å². The third-order valence-electron chi connectivity index (χ3n) is 8.89. The number of fused-ring (bicyclic) bond motifs is 20. The van der Waals surface area contributed by atoms with Crippen LogP contribution in [-0.4, -0.2) is 59.6 Å². The average Bonchev–Trinajstić information content (AvgIpc) is 3.84. The quantitative estimate of drug-likeness (QED) is 0.123. The summed E-state index contributed by atoms with van der Waals surface area (Å²) >= 11 is 13.0. The fourth-order valence-corrected chi connectivity index (χ4v) is 8.34. The number of aromatic nitrogens is 8. The molecule has 0 aliphatic carbocycles. The van der Waals surface area contributed by atoms with Crippen molar-refractivity contribution in [3.8, 4) is 45.6 Å². The van der Waals surface area contributed by atoms with Crippen molar-refractivity contribution in [1.82, 2.24) is 39.9 Å². The summed E-state index contributed by atoms with van der Waals surface area (Å²) in [6.07, 6.45) is 0. The van der Waals surface area contributed by atoms with Gasteiger partial charge in [0.25, 0.3) is 22.7 Å². The molecule has 5 heterocycles. The standard InChI is InChI=1S/C32H10Br4N12O8/c33-17-1-9-13(5-21(17)45(49)50)29-37-25(9)41-30-14-6-22(46(51)52)18(34)2-10(14)27(38-30)43-32-16-8-24(48(55)56)20(36)4-12(16)28(40-32)44-31-15-7-23(47(53)54)19(35)3-11(15)26(39-31)42-29/h1-8H,(H2,37,38,39,40,41,42,43,44). The van der Waals surface area contributed by atoms with Gasteiger partial charge in [-0.25, -0.2) is 29.9 Å². The summed E-state index contributed by atoms with van der Waals surface area (Å²) in [5.41, 5.74) is 0.175. The molecule has 0 radical (unpaired) electrons. The number of nitro groups is 4. The van der Waals surface area contributed by atoms with Crippen LogP contribution in [0, 0.1) is 40.5 Å². The van der Waals surface area contributed by atoms with Crippen molar-refractivity contribution in [1.29, 1.82) is 0 Å². The Morgan fingerprint density at radius 2 is 0.643 bits per heavy atom. The van der Waals surface area contributed by atoms with Crippen molar-refractivity contribution < 1.29 is 19.7 Å². The van der Waals surface area contributed by atoms with Crippen LogP contribution in [0.2, 0.25) is 0 Å². The van der Waals surface area contributed by atoms with E-state index < -0.39 is 19.7 Å². The molecule has 0 saturated heterocycles. The molecule has 274 valence electrons. The van der Waals surface area contributed by atoms with E-state index in [1.807, 2.05) is 0 Å². The molecule has 20 nitrogen and oxygen atoms in total. The molecule has 56 heavy (non-hydrogen) atoms. The molecule has 3 aromatic heterocycles. The van der Waals surface area contributed by atoms with E-state index in [2.05, 4.69) is 83.7 Å². The molecule has 8 bridgehead atoms. The summed E-state index contributed by atoms with van der Waals surface area (Å²) < 4.78 is 0.442. The van der Waals surface area contributed by atoms with Crippen LogP contribution in [-0.2, 0) is 0 Å². The van der Waals surface area contributed by atoms with Gasteiger partial charge in [0, 0.05) is 68.1 Å². The first-order valence-electron chi connectivity index (χ1n) is 15.4. The van der Waals surface area contributed by atoms with Crippen molar-refractivity contribution in [2.24, 2.45) is 0 Å².